The molecule has 0 aromatic rings. The molecule has 1 saturated heterocycles. The Bertz CT molecular complexity index is 252. The molecule has 1 rings (SSSR count). The highest BCUT2D eigenvalue weighted by molar-refractivity contribution is 5.81. The molecule has 1 N–H and O–H groups in total. The number of hydrogen-bond donors (Lipinski definition) is 1. The summed E-state index contributed by atoms with van der Waals surface area (Å²) >= 11 is 0. The predicted molar refractivity (Wildman–Crippen MR) is 66.9 cm³/mol. The third-order valence-electron chi connectivity index (χ3n) is 2.73. The van der Waals surface area contributed by atoms with Crippen LogP contribution in [0.5, 0.6) is 0 Å². The van der Waals surface area contributed by atoms with Crippen LogP contribution in [0.25, 0.3) is 0 Å². The fourth-order valence-electron chi connectivity index (χ4n) is 1.93. The smallest absolute Gasteiger partial charge is 0.329 e. The molecule has 4 nitrogen and oxygen atoms in total. The lowest BCUT2D eigenvalue weighted by Gasteiger charge is -2.31. The second-order valence-electron chi connectivity index (χ2n) is 5.67. The second-order valence-corrected chi connectivity index (χ2v) is 5.67. The summed E-state index contributed by atoms with van der Waals surface area (Å²) in [5.74, 6) is -0.182. The maximum absolute atomic E-state index is 12.2. The molecule has 0 aliphatic carbocycles. The van der Waals surface area contributed by atoms with Crippen LogP contribution in [0.2, 0.25) is 0 Å². The minimum atomic E-state index is -0.623. The fourth-order valence-corrected chi connectivity index (χ4v) is 1.93. The molecule has 0 radical (unpaired) electrons. The molecule has 1 heterocycles. The van der Waals surface area contributed by atoms with Crippen molar-refractivity contribution in [1.82, 2.24) is 5.32 Å². The molecule has 0 spiro atoms. The summed E-state index contributed by atoms with van der Waals surface area (Å²) in [5.41, 5.74) is -1.07. The van der Waals surface area contributed by atoms with E-state index in [1.807, 2.05) is 20.8 Å². The molecule has 1 fully saturated rings. The van der Waals surface area contributed by atoms with Gasteiger partial charge in [0.2, 0.25) is 0 Å². The van der Waals surface area contributed by atoms with Crippen LogP contribution < -0.4 is 5.32 Å². The van der Waals surface area contributed by atoms with E-state index in [1.165, 1.54) is 0 Å². The maximum Gasteiger partial charge on any atom is 0.329 e. The van der Waals surface area contributed by atoms with Crippen molar-refractivity contribution in [3.63, 3.8) is 0 Å². The van der Waals surface area contributed by atoms with E-state index in [4.69, 9.17) is 9.47 Å². The van der Waals surface area contributed by atoms with Crippen LogP contribution in [0.15, 0.2) is 0 Å². The maximum atomic E-state index is 12.2. The Hall–Kier alpha value is -0.610. The largest absolute Gasteiger partial charge is 0.459 e. The Morgan fingerprint density at radius 3 is 2.59 bits per heavy atom. The molecular weight excluding hydrogens is 218 g/mol. The van der Waals surface area contributed by atoms with Crippen LogP contribution in [-0.2, 0) is 14.3 Å². The van der Waals surface area contributed by atoms with Crippen molar-refractivity contribution in [3.8, 4) is 0 Å². The van der Waals surface area contributed by atoms with Gasteiger partial charge in [0.15, 0.2) is 0 Å². The molecular formula is C13H25NO3. The topological polar surface area (TPSA) is 47.6 Å². The fraction of sp³-hybridized carbons (Fsp3) is 0.923. The van der Waals surface area contributed by atoms with Gasteiger partial charge < -0.3 is 9.47 Å². The predicted octanol–water partition coefficient (Wildman–Crippen LogP) is 1.88. The number of ether oxygens (including phenoxy) is 2. The molecule has 0 saturated carbocycles. The van der Waals surface area contributed by atoms with Crippen LogP contribution in [-0.4, -0.2) is 36.9 Å². The van der Waals surface area contributed by atoms with Gasteiger partial charge in [-0.2, -0.15) is 0 Å². The van der Waals surface area contributed by atoms with Gasteiger partial charge in [-0.05, 0) is 46.6 Å². The summed E-state index contributed by atoms with van der Waals surface area (Å²) in [6.07, 6.45) is 2.75. The first kappa shape index (κ1) is 14.5. The van der Waals surface area contributed by atoms with Gasteiger partial charge in [0.05, 0.1) is 6.61 Å². The van der Waals surface area contributed by atoms with Gasteiger partial charge in [0.1, 0.15) is 11.1 Å². The summed E-state index contributed by atoms with van der Waals surface area (Å²) < 4.78 is 11.0. The standard InChI is InChI=1S/C13H25NO3/c1-5-9-16-10-13(7-6-8-14-13)11(15)17-12(2,3)4/h14H,5-10H2,1-4H3/t13-/m1/s1. The van der Waals surface area contributed by atoms with E-state index < -0.39 is 11.1 Å². The van der Waals surface area contributed by atoms with E-state index in [-0.39, 0.29) is 5.97 Å². The Balaban J connectivity index is 2.60. The van der Waals surface area contributed by atoms with Crippen molar-refractivity contribution < 1.29 is 14.3 Å². The van der Waals surface area contributed by atoms with Crippen molar-refractivity contribution in [2.24, 2.45) is 0 Å². The molecule has 0 bridgehead atoms. The summed E-state index contributed by atoms with van der Waals surface area (Å²) in [6, 6.07) is 0. The lowest BCUT2D eigenvalue weighted by atomic mass is 9.98. The SMILES string of the molecule is CCCOC[C@@]1(C(=O)OC(C)(C)C)CCCN1. The monoisotopic (exact) mass is 243 g/mol. The van der Waals surface area contributed by atoms with Gasteiger partial charge in [-0.3, -0.25) is 5.32 Å². The number of nitrogens with one attached hydrogen (secondary N) is 1. The van der Waals surface area contributed by atoms with Gasteiger partial charge >= 0.3 is 5.97 Å². The lowest BCUT2D eigenvalue weighted by molar-refractivity contribution is -0.165. The van der Waals surface area contributed by atoms with Gasteiger partial charge in [-0.15, -0.1) is 0 Å². The van der Waals surface area contributed by atoms with E-state index in [9.17, 15) is 4.79 Å². The summed E-state index contributed by atoms with van der Waals surface area (Å²) in [7, 11) is 0. The normalized spacial score (nSPS) is 24.9. The summed E-state index contributed by atoms with van der Waals surface area (Å²) in [4.78, 5) is 12.2. The highest BCUT2D eigenvalue weighted by atomic mass is 16.6. The minimum absolute atomic E-state index is 0.182. The minimum Gasteiger partial charge on any atom is -0.459 e. The van der Waals surface area contributed by atoms with Crippen molar-refractivity contribution in [2.75, 3.05) is 19.8 Å². The molecule has 1 aliphatic rings. The Labute approximate surface area is 104 Å². The zero-order valence-electron chi connectivity index (χ0n) is 11.5. The highest BCUT2D eigenvalue weighted by Crippen LogP contribution is 2.24. The Morgan fingerprint density at radius 1 is 1.41 bits per heavy atom. The van der Waals surface area contributed by atoms with Gasteiger partial charge in [0.25, 0.3) is 0 Å². The van der Waals surface area contributed by atoms with Gasteiger partial charge in [0, 0.05) is 6.61 Å². The Morgan fingerprint density at radius 2 is 2.12 bits per heavy atom. The van der Waals surface area contributed by atoms with Gasteiger partial charge in [-0.1, -0.05) is 6.92 Å². The van der Waals surface area contributed by atoms with Crippen LogP contribution in [0.1, 0.15) is 47.0 Å². The molecule has 0 aromatic heterocycles. The number of rotatable bonds is 5. The lowest BCUT2D eigenvalue weighted by Crippen LogP contribution is -2.54. The third kappa shape index (κ3) is 4.28. The molecule has 1 atom stereocenters. The highest BCUT2D eigenvalue weighted by Gasteiger charge is 2.44. The van der Waals surface area contributed by atoms with Crippen LogP contribution in [0.4, 0.5) is 0 Å². The first-order valence-corrected chi connectivity index (χ1v) is 6.46. The first-order chi connectivity index (χ1) is 7.90. The van der Waals surface area contributed by atoms with E-state index in [1.54, 1.807) is 0 Å². The molecule has 0 amide bonds. The number of carbonyl (C=O) groups is 1. The van der Waals surface area contributed by atoms with Crippen molar-refractivity contribution in [2.45, 2.75) is 58.1 Å². The average molecular weight is 243 g/mol. The van der Waals surface area contributed by atoms with E-state index in [2.05, 4.69) is 12.2 Å². The van der Waals surface area contributed by atoms with Crippen molar-refractivity contribution >= 4 is 5.97 Å². The second kappa shape index (κ2) is 5.83. The van der Waals surface area contributed by atoms with Gasteiger partial charge in [-0.25, -0.2) is 4.79 Å². The first-order valence-electron chi connectivity index (χ1n) is 6.46. The number of esters is 1. The van der Waals surface area contributed by atoms with E-state index in [0.717, 1.165) is 25.8 Å². The molecule has 4 heteroatoms. The third-order valence-corrected chi connectivity index (χ3v) is 2.73. The molecule has 100 valence electrons. The average Bonchev–Trinajstić information content (AvgIpc) is 2.65. The molecule has 17 heavy (non-hydrogen) atoms. The molecule has 0 aromatic carbocycles. The van der Waals surface area contributed by atoms with Crippen LogP contribution in [0, 0.1) is 0 Å². The molecule has 1 aliphatic heterocycles. The van der Waals surface area contributed by atoms with Crippen LogP contribution >= 0.6 is 0 Å². The van der Waals surface area contributed by atoms with E-state index >= 15 is 0 Å². The van der Waals surface area contributed by atoms with Crippen LogP contribution in [0.3, 0.4) is 0 Å². The van der Waals surface area contributed by atoms with Crippen molar-refractivity contribution in [1.29, 1.82) is 0 Å². The summed E-state index contributed by atoms with van der Waals surface area (Å²) in [6.45, 7) is 9.68. The van der Waals surface area contributed by atoms with Crippen molar-refractivity contribution in [3.05, 3.63) is 0 Å². The number of carbonyl (C=O) groups excluding carboxylic acids is 1. The van der Waals surface area contributed by atoms with E-state index in [0.29, 0.717) is 13.2 Å². The summed E-state index contributed by atoms with van der Waals surface area (Å²) in [5, 5.41) is 3.25. The zero-order valence-corrected chi connectivity index (χ0v) is 11.5. The quantitative estimate of drug-likeness (QED) is 0.591. The number of hydrogen-bond acceptors (Lipinski definition) is 4. The molecule has 0 unspecified atom stereocenters. The Kier molecular flexibility index (Phi) is 4.95. The zero-order chi connectivity index (χ0) is 12.9.